The van der Waals surface area contributed by atoms with Gasteiger partial charge < -0.3 is 9.80 Å². The molecule has 0 saturated heterocycles. The number of benzene rings is 1. The van der Waals surface area contributed by atoms with Crippen molar-refractivity contribution >= 4 is 62.8 Å². The molecule has 0 fully saturated rings. The van der Waals surface area contributed by atoms with Gasteiger partial charge in [-0.25, -0.2) is 0 Å². The van der Waals surface area contributed by atoms with Gasteiger partial charge >= 0.3 is 0 Å². The van der Waals surface area contributed by atoms with E-state index in [-0.39, 0.29) is 18.2 Å². The Morgan fingerprint density at radius 1 is 1.23 bits per heavy atom. The highest BCUT2D eigenvalue weighted by Gasteiger charge is 2.36. The summed E-state index contributed by atoms with van der Waals surface area (Å²) >= 11 is 4.88. The van der Waals surface area contributed by atoms with E-state index in [9.17, 15) is 4.79 Å². The van der Waals surface area contributed by atoms with E-state index in [0.717, 1.165) is 39.1 Å². The highest BCUT2D eigenvalue weighted by molar-refractivity contribution is 9.11. The summed E-state index contributed by atoms with van der Waals surface area (Å²) < 4.78 is 0.979. The van der Waals surface area contributed by atoms with Crippen LogP contribution in [0.3, 0.4) is 0 Å². The van der Waals surface area contributed by atoms with Gasteiger partial charge in [0, 0.05) is 6.54 Å². The molecule has 0 radical (unpaired) electrons. The summed E-state index contributed by atoms with van der Waals surface area (Å²) in [6.45, 7) is 2.01. The maximum Gasteiger partial charge on any atom is 0.206 e. The number of aliphatic imine (C=N–C) groups is 1. The smallest absolute Gasteiger partial charge is 0.206 e. The zero-order valence-corrected chi connectivity index (χ0v) is 14.7. The van der Waals surface area contributed by atoms with Crippen molar-refractivity contribution in [1.82, 2.24) is 0 Å². The highest BCUT2D eigenvalue weighted by Crippen LogP contribution is 2.38. The van der Waals surface area contributed by atoms with Gasteiger partial charge in [-0.1, -0.05) is 12.1 Å². The second kappa shape index (κ2) is 6.02. The Morgan fingerprint density at radius 3 is 2.73 bits per heavy atom. The molecule has 7 heteroatoms. The predicted octanol–water partition coefficient (Wildman–Crippen LogP) is 3.81. The van der Waals surface area contributed by atoms with Gasteiger partial charge in [-0.05, 0) is 40.2 Å². The van der Waals surface area contributed by atoms with Crippen molar-refractivity contribution in [1.29, 1.82) is 0 Å². The summed E-state index contributed by atoms with van der Waals surface area (Å²) in [6.07, 6.45) is 0. The van der Waals surface area contributed by atoms with E-state index in [1.807, 2.05) is 35.2 Å². The fraction of sp³-hybridized carbons (Fsp3) is 0.200. The van der Waals surface area contributed by atoms with Crippen molar-refractivity contribution in [3.63, 3.8) is 0 Å². The standard InChI is InChI=1S/C15H12BrN3OS.ClH/c16-14-6-5-13(21-14)12(20)9-19-11-4-2-1-3-10(11)18-8-7-17-15(18)19;/h1-6H,7-9H2;1H. The van der Waals surface area contributed by atoms with E-state index in [2.05, 4.69) is 31.9 Å². The van der Waals surface area contributed by atoms with Gasteiger partial charge in [0.15, 0.2) is 5.78 Å². The van der Waals surface area contributed by atoms with Crippen molar-refractivity contribution in [3.05, 3.63) is 45.1 Å². The first-order valence-electron chi connectivity index (χ1n) is 6.71. The summed E-state index contributed by atoms with van der Waals surface area (Å²) in [5.74, 6) is 1.03. The van der Waals surface area contributed by atoms with Crippen molar-refractivity contribution < 1.29 is 4.79 Å². The quantitative estimate of drug-likeness (QED) is 0.738. The molecular formula is C15H13BrClN3OS. The third kappa shape index (κ3) is 2.45. The molecule has 3 heterocycles. The molecule has 114 valence electrons. The minimum atomic E-state index is 0. The molecule has 2 aliphatic rings. The molecule has 2 aromatic rings. The monoisotopic (exact) mass is 397 g/mol. The third-order valence-corrected chi connectivity index (χ3v) is 5.34. The predicted molar refractivity (Wildman–Crippen MR) is 97.0 cm³/mol. The lowest BCUT2D eigenvalue weighted by atomic mass is 10.2. The zero-order chi connectivity index (χ0) is 14.4. The molecule has 22 heavy (non-hydrogen) atoms. The molecule has 4 rings (SSSR count). The van der Waals surface area contributed by atoms with Crippen LogP contribution in [0.1, 0.15) is 9.67 Å². The number of anilines is 2. The molecule has 0 atom stereocenters. The fourth-order valence-corrected chi connectivity index (χ4v) is 4.08. The van der Waals surface area contributed by atoms with Crippen LogP contribution >= 0.6 is 39.7 Å². The van der Waals surface area contributed by atoms with Crippen LogP contribution in [0.2, 0.25) is 0 Å². The van der Waals surface area contributed by atoms with Crippen LogP contribution in [0.15, 0.2) is 45.2 Å². The SMILES string of the molecule is Cl.O=C(CN1C2=NCCN2c2ccccc21)c1ccc(Br)s1. The summed E-state index contributed by atoms with van der Waals surface area (Å²) in [4.78, 5) is 22.0. The number of thiophene rings is 1. The Labute approximate surface area is 147 Å². The van der Waals surface area contributed by atoms with Crippen LogP contribution in [-0.4, -0.2) is 31.4 Å². The van der Waals surface area contributed by atoms with Crippen LogP contribution in [0.25, 0.3) is 0 Å². The van der Waals surface area contributed by atoms with Crippen LogP contribution in [0.5, 0.6) is 0 Å². The average Bonchev–Trinajstić information content (AvgIpc) is 3.17. The van der Waals surface area contributed by atoms with Gasteiger partial charge in [0.05, 0.1) is 33.1 Å². The number of nitrogens with zero attached hydrogens (tertiary/aromatic N) is 3. The topological polar surface area (TPSA) is 35.9 Å². The van der Waals surface area contributed by atoms with Gasteiger partial charge in [0.2, 0.25) is 5.96 Å². The van der Waals surface area contributed by atoms with E-state index in [1.54, 1.807) is 0 Å². The largest absolute Gasteiger partial charge is 0.308 e. The number of Topliss-reactive ketones (excluding diaryl/α,β-unsaturated/α-hetero) is 1. The average molecular weight is 399 g/mol. The molecule has 4 nitrogen and oxygen atoms in total. The van der Waals surface area contributed by atoms with E-state index in [0.29, 0.717) is 6.54 Å². The van der Waals surface area contributed by atoms with E-state index >= 15 is 0 Å². The van der Waals surface area contributed by atoms with Gasteiger partial charge in [-0.15, -0.1) is 23.7 Å². The second-order valence-electron chi connectivity index (χ2n) is 4.94. The fourth-order valence-electron chi connectivity index (χ4n) is 2.76. The number of hydrogen-bond donors (Lipinski definition) is 0. The zero-order valence-electron chi connectivity index (χ0n) is 11.5. The van der Waals surface area contributed by atoms with E-state index < -0.39 is 0 Å². The number of guanidine groups is 1. The summed E-state index contributed by atoms with van der Waals surface area (Å²) in [5.41, 5.74) is 2.22. The number of hydrogen-bond acceptors (Lipinski definition) is 5. The molecule has 0 aliphatic carbocycles. The maximum atomic E-state index is 12.5. The number of ketones is 1. The number of halogens is 2. The number of fused-ring (bicyclic) bond motifs is 3. The lowest BCUT2D eigenvalue weighted by Gasteiger charge is -2.18. The van der Waals surface area contributed by atoms with Gasteiger partial charge in [-0.3, -0.25) is 9.79 Å². The van der Waals surface area contributed by atoms with Crippen molar-refractivity contribution in [2.75, 3.05) is 29.4 Å². The molecule has 1 aromatic carbocycles. The molecule has 0 amide bonds. The summed E-state index contributed by atoms with van der Waals surface area (Å²) in [7, 11) is 0. The highest BCUT2D eigenvalue weighted by atomic mass is 79.9. The Morgan fingerprint density at radius 2 is 2.00 bits per heavy atom. The Kier molecular flexibility index (Phi) is 4.25. The van der Waals surface area contributed by atoms with Crippen LogP contribution < -0.4 is 9.80 Å². The number of carbonyl (C=O) groups excluding carboxylic acids is 1. The van der Waals surface area contributed by atoms with Crippen LogP contribution in [0, 0.1) is 0 Å². The van der Waals surface area contributed by atoms with Crippen LogP contribution in [-0.2, 0) is 0 Å². The Bertz CT molecular complexity index is 761. The molecule has 0 saturated carbocycles. The summed E-state index contributed by atoms with van der Waals surface area (Å²) in [6, 6.07) is 11.9. The number of rotatable bonds is 3. The Balaban J connectivity index is 0.00000144. The van der Waals surface area contributed by atoms with Gasteiger partial charge in [0.1, 0.15) is 0 Å². The normalized spacial score (nSPS) is 15.2. The van der Waals surface area contributed by atoms with E-state index in [1.165, 1.54) is 11.3 Å². The second-order valence-corrected chi connectivity index (χ2v) is 7.40. The van der Waals surface area contributed by atoms with Gasteiger partial charge in [0.25, 0.3) is 0 Å². The molecule has 0 bridgehead atoms. The van der Waals surface area contributed by atoms with Crippen molar-refractivity contribution in [2.45, 2.75) is 0 Å². The lowest BCUT2D eigenvalue weighted by molar-refractivity contribution is 0.101. The first-order chi connectivity index (χ1) is 10.2. The third-order valence-electron chi connectivity index (χ3n) is 3.67. The maximum absolute atomic E-state index is 12.5. The lowest BCUT2D eigenvalue weighted by Crippen LogP contribution is -2.38. The van der Waals surface area contributed by atoms with Crippen LogP contribution in [0.4, 0.5) is 11.4 Å². The molecule has 1 aromatic heterocycles. The van der Waals surface area contributed by atoms with E-state index in [4.69, 9.17) is 0 Å². The molecule has 0 spiro atoms. The number of carbonyl (C=O) groups is 1. The number of para-hydroxylation sites is 2. The molecular weight excluding hydrogens is 386 g/mol. The summed E-state index contributed by atoms with van der Waals surface area (Å²) in [5, 5.41) is 0. The van der Waals surface area contributed by atoms with Crippen molar-refractivity contribution in [3.8, 4) is 0 Å². The first-order valence-corrected chi connectivity index (χ1v) is 8.32. The molecule has 0 unspecified atom stereocenters. The first kappa shape index (κ1) is 15.5. The van der Waals surface area contributed by atoms with Crippen molar-refractivity contribution in [2.24, 2.45) is 4.99 Å². The molecule has 0 N–H and O–H groups in total. The van der Waals surface area contributed by atoms with Gasteiger partial charge in [-0.2, -0.15) is 0 Å². The Hall–Kier alpha value is -1.37. The molecule has 2 aliphatic heterocycles. The minimum absolute atomic E-state index is 0. The minimum Gasteiger partial charge on any atom is -0.308 e.